The summed E-state index contributed by atoms with van der Waals surface area (Å²) >= 11 is 11.6. The van der Waals surface area contributed by atoms with Crippen molar-refractivity contribution in [2.24, 2.45) is 5.92 Å². The van der Waals surface area contributed by atoms with Gasteiger partial charge in [-0.05, 0) is 18.2 Å². The van der Waals surface area contributed by atoms with Crippen LogP contribution in [0.2, 0.25) is 0 Å². The first kappa shape index (κ1) is 13.2. The molecule has 0 radical (unpaired) electrons. The fraction of sp³-hybridized carbons (Fsp3) is 0.333. The SMILES string of the molecule is COC1=CC(C)C2(C=C(Cl)C(=O)C(Cl)=C2)OC1=O. The molecule has 1 spiro atoms. The summed E-state index contributed by atoms with van der Waals surface area (Å²) in [5.41, 5.74) is -1.12. The molecule has 6 heteroatoms. The van der Waals surface area contributed by atoms with E-state index in [0.717, 1.165) is 0 Å². The van der Waals surface area contributed by atoms with Crippen molar-refractivity contribution in [1.29, 1.82) is 0 Å². The third-order valence-corrected chi connectivity index (χ3v) is 3.50. The Morgan fingerprint density at radius 3 is 2.33 bits per heavy atom. The molecular formula is C12H10Cl2O4. The monoisotopic (exact) mass is 288 g/mol. The molecule has 0 aromatic heterocycles. The summed E-state index contributed by atoms with van der Waals surface area (Å²) in [6.07, 6.45) is 4.41. The van der Waals surface area contributed by atoms with Crippen LogP contribution in [0.3, 0.4) is 0 Å². The van der Waals surface area contributed by atoms with E-state index in [-0.39, 0.29) is 21.7 Å². The van der Waals surface area contributed by atoms with E-state index in [1.165, 1.54) is 19.3 Å². The number of carbonyl (C=O) groups is 2. The van der Waals surface area contributed by atoms with Gasteiger partial charge in [0.05, 0.1) is 17.2 Å². The molecule has 1 aliphatic carbocycles. The number of carbonyl (C=O) groups excluding carboxylic acids is 2. The molecule has 18 heavy (non-hydrogen) atoms. The molecule has 2 rings (SSSR count). The zero-order valence-corrected chi connectivity index (χ0v) is 11.2. The van der Waals surface area contributed by atoms with Crippen LogP contribution in [0.25, 0.3) is 0 Å². The molecule has 96 valence electrons. The summed E-state index contributed by atoms with van der Waals surface area (Å²) in [5.74, 6) is -1.22. The summed E-state index contributed by atoms with van der Waals surface area (Å²) in [6, 6.07) is 0. The smallest absolute Gasteiger partial charge is 0.374 e. The van der Waals surface area contributed by atoms with Gasteiger partial charge in [-0.15, -0.1) is 0 Å². The Bertz CT molecular complexity index is 494. The normalized spacial score (nSPS) is 26.2. The zero-order valence-electron chi connectivity index (χ0n) is 9.70. The van der Waals surface area contributed by atoms with Gasteiger partial charge >= 0.3 is 5.97 Å². The maximum atomic E-state index is 11.7. The van der Waals surface area contributed by atoms with E-state index in [4.69, 9.17) is 32.7 Å². The van der Waals surface area contributed by atoms with Crippen molar-refractivity contribution in [3.8, 4) is 0 Å². The van der Waals surface area contributed by atoms with Crippen LogP contribution in [0.4, 0.5) is 0 Å². The first-order chi connectivity index (χ1) is 8.39. The van der Waals surface area contributed by atoms with Gasteiger partial charge in [0.2, 0.25) is 11.5 Å². The summed E-state index contributed by atoms with van der Waals surface area (Å²) in [5, 5.41) is -0.118. The van der Waals surface area contributed by atoms with Gasteiger partial charge in [-0.2, -0.15) is 0 Å². The molecular weight excluding hydrogens is 279 g/mol. The highest BCUT2D eigenvalue weighted by Crippen LogP contribution is 2.39. The molecule has 0 amide bonds. The van der Waals surface area contributed by atoms with E-state index in [1.54, 1.807) is 6.08 Å². The Kier molecular flexibility index (Phi) is 3.25. The number of esters is 1. The Hall–Kier alpha value is -1.26. The Morgan fingerprint density at radius 1 is 1.28 bits per heavy atom. The number of hydrogen-bond donors (Lipinski definition) is 0. The number of halogens is 2. The quantitative estimate of drug-likeness (QED) is 0.695. The zero-order chi connectivity index (χ0) is 13.5. The van der Waals surface area contributed by atoms with Crippen LogP contribution >= 0.6 is 23.2 Å². The molecule has 1 unspecified atom stereocenters. The lowest BCUT2D eigenvalue weighted by molar-refractivity contribution is -0.155. The van der Waals surface area contributed by atoms with E-state index in [1.807, 2.05) is 6.92 Å². The molecule has 0 aromatic rings. The number of hydrogen-bond acceptors (Lipinski definition) is 4. The fourth-order valence-corrected chi connectivity index (χ4v) is 2.48. The summed E-state index contributed by atoms with van der Waals surface area (Å²) in [4.78, 5) is 23.2. The van der Waals surface area contributed by atoms with Crippen LogP contribution < -0.4 is 0 Å². The maximum Gasteiger partial charge on any atom is 0.374 e. The molecule has 0 fully saturated rings. The molecule has 4 nitrogen and oxygen atoms in total. The van der Waals surface area contributed by atoms with Gasteiger partial charge in [-0.1, -0.05) is 30.1 Å². The minimum atomic E-state index is -1.12. The summed E-state index contributed by atoms with van der Waals surface area (Å²) < 4.78 is 10.2. The Balaban J connectivity index is 2.49. The largest absolute Gasteiger partial charge is 0.490 e. The molecule has 1 heterocycles. The average molecular weight is 289 g/mol. The maximum absolute atomic E-state index is 11.7. The van der Waals surface area contributed by atoms with Crippen molar-refractivity contribution >= 4 is 35.0 Å². The highest BCUT2D eigenvalue weighted by atomic mass is 35.5. The summed E-state index contributed by atoms with van der Waals surface area (Å²) in [6.45, 7) is 1.81. The minimum Gasteiger partial charge on any atom is -0.490 e. The second-order valence-corrected chi connectivity index (χ2v) is 4.89. The highest BCUT2D eigenvalue weighted by Gasteiger charge is 2.44. The molecule has 0 saturated heterocycles. The lowest BCUT2D eigenvalue weighted by Crippen LogP contribution is -2.43. The molecule has 0 N–H and O–H groups in total. The number of Topliss-reactive ketones (excluding diaryl/α,β-unsaturated/α-hetero) is 1. The number of ketones is 1. The van der Waals surface area contributed by atoms with Crippen LogP contribution in [0.5, 0.6) is 0 Å². The van der Waals surface area contributed by atoms with Crippen molar-refractivity contribution in [2.75, 3.05) is 7.11 Å². The van der Waals surface area contributed by atoms with Crippen molar-refractivity contribution in [3.05, 3.63) is 34.1 Å². The van der Waals surface area contributed by atoms with Crippen molar-refractivity contribution in [3.63, 3.8) is 0 Å². The van der Waals surface area contributed by atoms with Crippen molar-refractivity contribution in [2.45, 2.75) is 12.5 Å². The van der Waals surface area contributed by atoms with Crippen LogP contribution in [-0.2, 0) is 19.1 Å². The summed E-state index contributed by atoms with van der Waals surface area (Å²) in [7, 11) is 1.38. The number of rotatable bonds is 1. The molecule has 1 atom stereocenters. The van der Waals surface area contributed by atoms with Gasteiger partial charge in [0.25, 0.3) is 0 Å². The lowest BCUT2D eigenvalue weighted by Gasteiger charge is -2.37. The topological polar surface area (TPSA) is 52.6 Å². The molecule has 1 aliphatic heterocycles. The molecule has 2 aliphatic rings. The van der Waals surface area contributed by atoms with Crippen LogP contribution in [0.1, 0.15) is 6.92 Å². The molecule has 0 aromatic carbocycles. The minimum absolute atomic E-state index is 0.0589. The van der Waals surface area contributed by atoms with Gasteiger partial charge in [-0.25, -0.2) is 4.79 Å². The molecule has 0 saturated carbocycles. The lowest BCUT2D eigenvalue weighted by atomic mass is 9.83. The van der Waals surface area contributed by atoms with E-state index < -0.39 is 17.4 Å². The van der Waals surface area contributed by atoms with Gasteiger partial charge in [0.1, 0.15) is 0 Å². The highest BCUT2D eigenvalue weighted by molar-refractivity contribution is 6.55. The van der Waals surface area contributed by atoms with E-state index >= 15 is 0 Å². The van der Waals surface area contributed by atoms with Crippen molar-refractivity contribution < 1.29 is 19.1 Å². The van der Waals surface area contributed by atoms with Gasteiger partial charge < -0.3 is 9.47 Å². The number of ether oxygens (including phenoxy) is 2. The third kappa shape index (κ3) is 1.95. The van der Waals surface area contributed by atoms with Gasteiger partial charge in [-0.3, -0.25) is 4.79 Å². The number of allylic oxidation sites excluding steroid dienone is 2. The molecule has 0 bridgehead atoms. The van der Waals surface area contributed by atoms with E-state index in [0.29, 0.717) is 0 Å². The fourth-order valence-electron chi connectivity index (χ4n) is 1.89. The Labute approximate surface area is 114 Å². The first-order valence-electron chi connectivity index (χ1n) is 5.20. The van der Waals surface area contributed by atoms with Crippen LogP contribution in [-0.4, -0.2) is 24.5 Å². The third-order valence-electron chi connectivity index (χ3n) is 2.94. The second kappa shape index (κ2) is 4.44. The van der Waals surface area contributed by atoms with E-state index in [2.05, 4.69) is 0 Å². The van der Waals surface area contributed by atoms with E-state index in [9.17, 15) is 9.59 Å². The van der Waals surface area contributed by atoms with Crippen molar-refractivity contribution in [1.82, 2.24) is 0 Å². The number of methoxy groups -OCH3 is 1. The first-order valence-corrected chi connectivity index (χ1v) is 5.96. The predicted molar refractivity (Wildman–Crippen MR) is 66.0 cm³/mol. The standard InChI is InChI=1S/C12H10Cl2O4/c1-6-3-9(17-2)11(16)18-12(6)4-7(13)10(15)8(14)5-12/h3-6H,1-2H3. The predicted octanol–water partition coefficient (Wildman–Crippen LogP) is 2.28. The van der Waals surface area contributed by atoms with Crippen LogP contribution in [0, 0.1) is 5.92 Å². The van der Waals surface area contributed by atoms with Gasteiger partial charge in [0, 0.05) is 5.92 Å². The van der Waals surface area contributed by atoms with Crippen LogP contribution in [0.15, 0.2) is 34.1 Å². The Morgan fingerprint density at radius 2 is 1.83 bits per heavy atom. The average Bonchev–Trinajstić information content (AvgIpc) is 2.31. The second-order valence-electron chi connectivity index (χ2n) is 4.08. The van der Waals surface area contributed by atoms with Gasteiger partial charge in [0.15, 0.2) is 5.60 Å².